The van der Waals surface area contributed by atoms with Gasteiger partial charge in [-0.3, -0.25) is 9.36 Å². The number of nitrogens with zero attached hydrogens (tertiary/aromatic N) is 2. The van der Waals surface area contributed by atoms with Crippen LogP contribution in [0, 0.1) is 6.92 Å². The molecule has 0 aliphatic rings. The average Bonchev–Trinajstić information content (AvgIpc) is 3.27. The lowest BCUT2D eigenvalue weighted by Gasteiger charge is -2.24. The summed E-state index contributed by atoms with van der Waals surface area (Å²) in [6.45, 7) is 6.53. The highest BCUT2D eigenvalue weighted by molar-refractivity contribution is 7.57. The third-order valence-corrected chi connectivity index (χ3v) is 7.08. The first-order chi connectivity index (χ1) is 19.0. The topological polar surface area (TPSA) is 136 Å². The van der Waals surface area contributed by atoms with Crippen LogP contribution in [-0.4, -0.2) is 54.6 Å². The minimum atomic E-state index is -3.77. The second-order valence-corrected chi connectivity index (χ2v) is 11.1. The van der Waals surface area contributed by atoms with E-state index in [2.05, 4.69) is 10.2 Å². The molecule has 1 N–H and O–H groups in total. The third-order valence-electron chi connectivity index (χ3n) is 5.21. The number of aromatic nitrogens is 2. The molecule has 0 radical (unpaired) electrons. The number of hydrogen-bond acceptors (Lipinski definition) is 10. The zero-order valence-corrected chi connectivity index (χ0v) is 24.2. The van der Waals surface area contributed by atoms with Gasteiger partial charge >= 0.3 is 19.6 Å². The lowest BCUT2D eigenvalue weighted by atomic mass is 10.2. The van der Waals surface area contributed by atoms with Crippen LogP contribution in [-0.2, 0) is 30.2 Å². The molecule has 3 rings (SSSR count). The fourth-order valence-electron chi connectivity index (χ4n) is 3.54. The van der Waals surface area contributed by atoms with Crippen molar-refractivity contribution in [1.82, 2.24) is 14.9 Å². The van der Waals surface area contributed by atoms with Gasteiger partial charge in [-0.25, -0.2) is 14.6 Å². The molecule has 1 aromatic heterocycles. The number of hydrogen-bond donors (Lipinski definition) is 1. The molecular formula is C27H34N3O9P. The molecule has 2 atom stereocenters. The van der Waals surface area contributed by atoms with Crippen LogP contribution < -0.4 is 19.1 Å². The van der Waals surface area contributed by atoms with E-state index in [4.69, 9.17) is 28.2 Å². The van der Waals surface area contributed by atoms with Gasteiger partial charge in [-0.2, -0.15) is 5.10 Å². The highest BCUT2D eigenvalue weighted by atomic mass is 31.2. The Morgan fingerprint density at radius 3 is 2.40 bits per heavy atom. The Morgan fingerprint density at radius 1 is 1.02 bits per heavy atom. The van der Waals surface area contributed by atoms with Gasteiger partial charge in [-0.1, -0.05) is 24.3 Å². The maximum Gasteiger partial charge on any atom is 0.515 e. The molecule has 216 valence electrons. The van der Waals surface area contributed by atoms with Crippen molar-refractivity contribution in [1.29, 1.82) is 0 Å². The molecule has 0 spiro atoms. The summed E-state index contributed by atoms with van der Waals surface area (Å²) in [6.07, 6.45) is -1.62. The van der Waals surface area contributed by atoms with Crippen LogP contribution in [0.1, 0.15) is 32.0 Å². The SMILES string of the molecule is COCP(=O)(NC(C)C(=O)OC(C)C)Oc1cc(COC(=O)Oc2cc(C)nn2-c2ccccc2)ccc1OC. The second kappa shape index (κ2) is 14.0. The Labute approximate surface area is 233 Å². The van der Waals surface area contributed by atoms with E-state index >= 15 is 0 Å². The summed E-state index contributed by atoms with van der Waals surface area (Å²) in [5, 5.41) is 7.04. The van der Waals surface area contributed by atoms with Crippen LogP contribution in [0.15, 0.2) is 54.6 Å². The number of nitrogens with one attached hydrogen (secondary N) is 1. The number of esters is 1. The third kappa shape index (κ3) is 8.57. The van der Waals surface area contributed by atoms with Crippen molar-refractivity contribution in [2.24, 2.45) is 0 Å². The van der Waals surface area contributed by atoms with Gasteiger partial charge in [0.2, 0.25) is 5.88 Å². The molecule has 2 unspecified atom stereocenters. The van der Waals surface area contributed by atoms with E-state index in [-0.39, 0.29) is 36.4 Å². The smallest absolute Gasteiger partial charge is 0.493 e. The zero-order chi connectivity index (χ0) is 29.3. The predicted molar refractivity (Wildman–Crippen MR) is 146 cm³/mol. The van der Waals surface area contributed by atoms with Gasteiger partial charge in [0.05, 0.1) is 24.6 Å². The lowest BCUT2D eigenvalue weighted by Crippen LogP contribution is -2.36. The monoisotopic (exact) mass is 575 g/mol. The predicted octanol–water partition coefficient (Wildman–Crippen LogP) is 5.01. The van der Waals surface area contributed by atoms with Crippen LogP contribution in [0.4, 0.5) is 4.79 Å². The molecule has 1 heterocycles. The number of rotatable bonds is 13. The number of ether oxygens (including phenoxy) is 5. The first kappa shape index (κ1) is 30.7. The fraction of sp³-hybridized carbons (Fsp3) is 0.370. The van der Waals surface area contributed by atoms with Crippen molar-refractivity contribution in [3.05, 3.63) is 65.9 Å². The quantitative estimate of drug-likeness (QED) is 0.218. The van der Waals surface area contributed by atoms with E-state index in [1.54, 1.807) is 39.0 Å². The normalized spacial score (nSPS) is 13.3. The Morgan fingerprint density at radius 2 is 1.75 bits per heavy atom. The summed E-state index contributed by atoms with van der Waals surface area (Å²) in [5.41, 5.74) is 1.87. The summed E-state index contributed by atoms with van der Waals surface area (Å²) in [6, 6.07) is 14.6. The molecule has 0 aliphatic heterocycles. The fourth-order valence-corrected chi connectivity index (χ4v) is 5.22. The summed E-state index contributed by atoms with van der Waals surface area (Å²) < 4.78 is 47.1. The molecule has 0 saturated carbocycles. The van der Waals surface area contributed by atoms with Crippen LogP contribution in [0.2, 0.25) is 0 Å². The van der Waals surface area contributed by atoms with E-state index < -0.39 is 25.7 Å². The number of carbonyl (C=O) groups excluding carboxylic acids is 2. The molecule has 0 fully saturated rings. The van der Waals surface area contributed by atoms with Gasteiger partial charge in [0.15, 0.2) is 11.5 Å². The van der Waals surface area contributed by atoms with E-state index in [0.29, 0.717) is 11.3 Å². The van der Waals surface area contributed by atoms with E-state index in [9.17, 15) is 14.2 Å². The zero-order valence-electron chi connectivity index (χ0n) is 23.3. The molecule has 0 aliphatic carbocycles. The number of methoxy groups -OCH3 is 2. The van der Waals surface area contributed by atoms with Gasteiger partial charge in [0.25, 0.3) is 0 Å². The van der Waals surface area contributed by atoms with Gasteiger partial charge in [-0.05, 0) is 57.5 Å². The van der Waals surface area contributed by atoms with E-state index in [0.717, 1.165) is 5.69 Å². The average molecular weight is 576 g/mol. The molecule has 2 aromatic carbocycles. The maximum absolute atomic E-state index is 13.5. The van der Waals surface area contributed by atoms with E-state index in [1.807, 2.05) is 30.3 Å². The van der Waals surface area contributed by atoms with E-state index in [1.165, 1.54) is 31.9 Å². The Kier molecular flexibility index (Phi) is 10.7. The molecule has 3 aromatic rings. The Hall–Kier alpha value is -3.86. The molecule has 13 heteroatoms. The Balaban J connectivity index is 1.71. The highest BCUT2D eigenvalue weighted by Crippen LogP contribution is 2.46. The lowest BCUT2D eigenvalue weighted by molar-refractivity contribution is -0.149. The minimum absolute atomic E-state index is 0.0899. The maximum atomic E-state index is 13.5. The first-order valence-corrected chi connectivity index (χ1v) is 14.2. The van der Waals surface area contributed by atoms with Crippen molar-refractivity contribution in [3.63, 3.8) is 0 Å². The number of carbonyl (C=O) groups is 2. The number of aryl methyl sites for hydroxylation is 1. The summed E-state index contributed by atoms with van der Waals surface area (Å²) in [5.74, 6) is -0.0355. The largest absolute Gasteiger partial charge is 0.515 e. The second-order valence-electron chi connectivity index (χ2n) is 9.02. The van der Waals surface area contributed by atoms with Crippen molar-refractivity contribution in [2.45, 2.75) is 46.4 Å². The van der Waals surface area contributed by atoms with Crippen molar-refractivity contribution in [3.8, 4) is 23.1 Å². The molecular weight excluding hydrogens is 541 g/mol. The van der Waals surface area contributed by atoms with Gasteiger partial charge in [0.1, 0.15) is 19.0 Å². The number of benzene rings is 2. The van der Waals surface area contributed by atoms with Crippen molar-refractivity contribution in [2.75, 3.05) is 20.6 Å². The summed E-state index contributed by atoms with van der Waals surface area (Å²) >= 11 is 0. The van der Waals surface area contributed by atoms with Crippen molar-refractivity contribution >= 4 is 19.6 Å². The van der Waals surface area contributed by atoms with Gasteiger partial charge < -0.3 is 28.2 Å². The number of para-hydroxylation sites is 1. The van der Waals surface area contributed by atoms with Crippen LogP contribution >= 0.6 is 7.52 Å². The molecule has 0 bridgehead atoms. The van der Waals surface area contributed by atoms with Crippen LogP contribution in [0.3, 0.4) is 0 Å². The van der Waals surface area contributed by atoms with Crippen molar-refractivity contribution < 1.29 is 42.4 Å². The van der Waals surface area contributed by atoms with Crippen LogP contribution in [0.5, 0.6) is 17.4 Å². The van der Waals surface area contributed by atoms with Gasteiger partial charge in [0, 0.05) is 13.2 Å². The minimum Gasteiger partial charge on any atom is -0.493 e. The molecule has 12 nitrogen and oxygen atoms in total. The highest BCUT2D eigenvalue weighted by Gasteiger charge is 2.32. The first-order valence-electron chi connectivity index (χ1n) is 12.4. The molecule has 0 saturated heterocycles. The summed E-state index contributed by atoms with van der Waals surface area (Å²) in [7, 11) is -0.990. The van der Waals surface area contributed by atoms with Crippen LogP contribution in [0.25, 0.3) is 5.69 Å². The summed E-state index contributed by atoms with van der Waals surface area (Å²) in [4.78, 5) is 24.8. The standard InChI is InChI=1S/C27H34N3O9P/c1-18(2)37-26(31)20(4)29-40(33,17-34-5)39-24-15-21(12-13-23(24)35-6)16-36-27(32)38-25-14-19(3)28-30(25)22-10-8-7-9-11-22/h7-15,18,20H,16-17H2,1-6H3,(H,29,33). The molecule has 0 amide bonds. The molecule has 40 heavy (non-hydrogen) atoms. The Bertz CT molecular complexity index is 1340. The van der Waals surface area contributed by atoms with Gasteiger partial charge in [-0.15, -0.1) is 0 Å².